The van der Waals surface area contributed by atoms with E-state index in [1.54, 1.807) is 0 Å². The van der Waals surface area contributed by atoms with Crippen molar-refractivity contribution in [2.45, 2.75) is 64.3 Å². The average molecular weight is 422 g/mol. The number of carbonyl (C=O) groups excluding carboxylic acids is 2. The van der Waals surface area contributed by atoms with Gasteiger partial charge in [0.05, 0.1) is 6.04 Å². The fourth-order valence-electron chi connectivity index (χ4n) is 4.25. The van der Waals surface area contributed by atoms with E-state index in [1.165, 1.54) is 11.1 Å². The second-order valence-electron chi connectivity index (χ2n) is 8.43. The highest BCUT2D eigenvalue weighted by molar-refractivity contribution is 5.85. The molecule has 3 rings (SSSR count). The topological polar surface area (TPSA) is 61.4 Å². The van der Waals surface area contributed by atoms with Gasteiger partial charge in [-0.3, -0.25) is 9.59 Å². The van der Waals surface area contributed by atoms with Crippen LogP contribution in [-0.4, -0.2) is 48.9 Å². The highest BCUT2D eigenvalue weighted by atomic mass is 35.5. The minimum atomic E-state index is -0.0187. The molecule has 0 bridgehead atoms. The zero-order valence-electron chi connectivity index (χ0n) is 17.6. The normalized spacial score (nSPS) is 21.5. The van der Waals surface area contributed by atoms with E-state index >= 15 is 0 Å². The van der Waals surface area contributed by atoms with E-state index < -0.39 is 0 Å². The van der Waals surface area contributed by atoms with Crippen LogP contribution in [0, 0.1) is 12.8 Å². The van der Waals surface area contributed by atoms with Crippen LogP contribution in [0.25, 0.3) is 0 Å². The van der Waals surface area contributed by atoms with Crippen LogP contribution in [0.2, 0.25) is 0 Å². The molecule has 2 amide bonds. The lowest BCUT2D eigenvalue weighted by molar-refractivity contribution is -0.133. The first kappa shape index (κ1) is 23.7. The van der Waals surface area contributed by atoms with Crippen LogP contribution in [0.3, 0.4) is 0 Å². The van der Waals surface area contributed by atoms with Crippen molar-refractivity contribution in [2.75, 3.05) is 26.2 Å². The second kappa shape index (κ2) is 12.2. The number of nitrogens with one attached hydrogen (secondary N) is 2. The van der Waals surface area contributed by atoms with Crippen molar-refractivity contribution in [1.29, 1.82) is 0 Å². The smallest absolute Gasteiger partial charge is 0.237 e. The van der Waals surface area contributed by atoms with E-state index in [0.29, 0.717) is 18.9 Å². The molecule has 6 heteroatoms. The number of unbranched alkanes of at least 4 members (excludes halogenated alkanes) is 1. The zero-order valence-corrected chi connectivity index (χ0v) is 18.4. The van der Waals surface area contributed by atoms with E-state index in [1.807, 2.05) is 4.90 Å². The molecule has 0 spiro atoms. The predicted octanol–water partition coefficient (Wildman–Crippen LogP) is 3.24. The number of halogens is 1. The van der Waals surface area contributed by atoms with E-state index in [0.717, 1.165) is 64.6 Å². The third-order valence-electron chi connectivity index (χ3n) is 6.04. The van der Waals surface area contributed by atoms with Gasteiger partial charge in [0.25, 0.3) is 0 Å². The number of hydrogen-bond acceptors (Lipinski definition) is 3. The number of aryl methyl sites for hydroxylation is 2. The lowest BCUT2D eigenvalue weighted by atomic mass is 9.97. The third-order valence-corrected chi connectivity index (χ3v) is 6.04. The first-order chi connectivity index (χ1) is 13.6. The Hall–Kier alpha value is -1.59. The molecule has 0 saturated carbocycles. The highest BCUT2D eigenvalue weighted by Crippen LogP contribution is 2.18. The molecule has 2 saturated heterocycles. The number of carbonyl (C=O) groups is 2. The largest absolute Gasteiger partial charge is 0.354 e. The fraction of sp³-hybridized carbons (Fsp3) is 0.652. The zero-order chi connectivity index (χ0) is 19.8. The number of hydrogen-bond donors (Lipinski definition) is 2. The molecule has 0 aromatic heterocycles. The molecule has 162 valence electrons. The van der Waals surface area contributed by atoms with Crippen LogP contribution >= 0.6 is 12.4 Å². The van der Waals surface area contributed by atoms with Crippen molar-refractivity contribution in [3.05, 3.63) is 35.4 Å². The molecule has 2 aliphatic rings. The van der Waals surface area contributed by atoms with Gasteiger partial charge in [-0.15, -0.1) is 12.4 Å². The summed E-state index contributed by atoms with van der Waals surface area (Å²) in [5.74, 6) is 0.782. The Kier molecular flexibility index (Phi) is 9.95. The minimum absolute atomic E-state index is 0. The van der Waals surface area contributed by atoms with Gasteiger partial charge >= 0.3 is 0 Å². The molecule has 1 aromatic carbocycles. The summed E-state index contributed by atoms with van der Waals surface area (Å²) < 4.78 is 0. The summed E-state index contributed by atoms with van der Waals surface area (Å²) in [4.78, 5) is 26.7. The molecular formula is C23H36ClN3O2. The van der Waals surface area contributed by atoms with E-state index in [-0.39, 0.29) is 30.3 Å². The van der Waals surface area contributed by atoms with Gasteiger partial charge in [0, 0.05) is 26.1 Å². The van der Waals surface area contributed by atoms with Gasteiger partial charge in [-0.2, -0.15) is 0 Å². The van der Waals surface area contributed by atoms with Crippen LogP contribution in [0.1, 0.15) is 56.1 Å². The molecule has 2 unspecified atom stereocenters. The van der Waals surface area contributed by atoms with Crippen LogP contribution < -0.4 is 10.6 Å². The van der Waals surface area contributed by atoms with Crippen molar-refractivity contribution in [3.8, 4) is 0 Å². The number of nitrogens with zero attached hydrogens (tertiary/aromatic N) is 1. The van der Waals surface area contributed by atoms with Crippen LogP contribution in [0.5, 0.6) is 0 Å². The lowest BCUT2D eigenvalue weighted by Crippen LogP contribution is -2.46. The number of benzene rings is 1. The lowest BCUT2D eigenvalue weighted by Gasteiger charge is -2.33. The van der Waals surface area contributed by atoms with Crippen molar-refractivity contribution in [2.24, 2.45) is 5.92 Å². The van der Waals surface area contributed by atoms with Gasteiger partial charge in [-0.05, 0) is 69.9 Å². The molecular weight excluding hydrogens is 386 g/mol. The maximum Gasteiger partial charge on any atom is 0.237 e. The summed E-state index contributed by atoms with van der Waals surface area (Å²) in [6, 6.07) is 8.64. The predicted molar refractivity (Wildman–Crippen MR) is 119 cm³/mol. The van der Waals surface area contributed by atoms with Crippen LogP contribution in [0.4, 0.5) is 0 Å². The second-order valence-corrected chi connectivity index (χ2v) is 8.43. The maximum absolute atomic E-state index is 12.6. The number of rotatable bonds is 8. The fourth-order valence-corrected chi connectivity index (χ4v) is 4.25. The molecule has 2 aliphatic heterocycles. The SMILES string of the molecule is Cc1ccc(CCCCC(=O)N2CCCC(CNC(=O)C3CCCN3)C2)cc1.Cl. The Morgan fingerprint density at radius 3 is 2.66 bits per heavy atom. The van der Waals surface area contributed by atoms with Crippen LogP contribution in [0.15, 0.2) is 24.3 Å². The standard InChI is InChI=1S/C23H35N3O2.ClH/c1-18-10-12-19(13-11-18)6-2-3-9-22(27)26-15-5-7-20(17-26)16-25-23(28)21-8-4-14-24-21;/h10-13,20-21,24H,2-9,14-17H2,1H3,(H,25,28);1H. The van der Waals surface area contributed by atoms with Crippen LogP contribution in [-0.2, 0) is 16.0 Å². The van der Waals surface area contributed by atoms with Crippen molar-refractivity contribution < 1.29 is 9.59 Å². The molecule has 2 N–H and O–H groups in total. The third kappa shape index (κ3) is 7.63. The summed E-state index contributed by atoms with van der Waals surface area (Å²) in [6.45, 7) is 5.38. The van der Waals surface area contributed by atoms with Gasteiger partial charge in [-0.1, -0.05) is 29.8 Å². The quantitative estimate of drug-likeness (QED) is 0.633. The number of likely N-dealkylation sites (tertiary alicyclic amines) is 1. The molecule has 2 heterocycles. The van der Waals surface area contributed by atoms with Crippen molar-refractivity contribution in [1.82, 2.24) is 15.5 Å². The van der Waals surface area contributed by atoms with E-state index in [4.69, 9.17) is 0 Å². The summed E-state index contributed by atoms with van der Waals surface area (Å²) in [5.41, 5.74) is 2.64. The maximum atomic E-state index is 12.6. The first-order valence-electron chi connectivity index (χ1n) is 11.0. The molecule has 29 heavy (non-hydrogen) atoms. The highest BCUT2D eigenvalue weighted by Gasteiger charge is 2.26. The Morgan fingerprint density at radius 1 is 1.14 bits per heavy atom. The average Bonchev–Trinajstić information content (AvgIpc) is 3.26. The van der Waals surface area contributed by atoms with E-state index in [2.05, 4.69) is 41.8 Å². The number of piperidine rings is 1. The Bertz CT molecular complexity index is 644. The molecule has 5 nitrogen and oxygen atoms in total. The Morgan fingerprint density at radius 2 is 1.93 bits per heavy atom. The van der Waals surface area contributed by atoms with Gasteiger partial charge < -0.3 is 15.5 Å². The first-order valence-corrected chi connectivity index (χ1v) is 11.0. The summed E-state index contributed by atoms with van der Waals surface area (Å²) >= 11 is 0. The van der Waals surface area contributed by atoms with Gasteiger partial charge in [0.2, 0.25) is 11.8 Å². The van der Waals surface area contributed by atoms with Gasteiger partial charge in [0.15, 0.2) is 0 Å². The Balaban J connectivity index is 0.00000300. The molecule has 0 radical (unpaired) electrons. The van der Waals surface area contributed by atoms with Crippen molar-refractivity contribution >= 4 is 24.2 Å². The molecule has 2 fully saturated rings. The summed E-state index contributed by atoms with van der Waals surface area (Å²) in [5, 5.41) is 6.33. The monoisotopic (exact) mass is 421 g/mol. The van der Waals surface area contributed by atoms with E-state index in [9.17, 15) is 9.59 Å². The number of amides is 2. The Labute approximate surface area is 181 Å². The molecule has 0 aliphatic carbocycles. The van der Waals surface area contributed by atoms with Crippen molar-refractivity contribution in [3.63, 3.8) is 0 Å². The summed E-state index contributed by atoms with van der Waals surface area (Å²) in [7, 11) is 0. The molecule has 2 atom stereocenters. The van der Waals surface area contributed by atoms with Gasteiger partial charge in [-0.25, -0.2) is 0 Å². The van der Waals surface area contributed by atoms with Gasteiger partial charge in [0.1, 0.15) is 0 Å². The molecule has 1 aromatic rings. The summed E-state index contributed by atoms with van der Waals surface area (Å²) in [6.07, 6.45) is 7.81. The minimum Gasteiger partial charge on any atom is -0.354 e.